The lowest BCUT2D eigenvalue weighted by Crippen LogP contribution is -2.50. The number of carbonyl (C=O) groups excluding carboxylic acids is 3. The number of halogens is 1. The third kappa shape index (κ3) is 4.58. The maximum atomic E-state index is 14.2. The van der Waals surface area contributed by atoms with Crippen LogP contribution >= 0.6 is 11.3 Å². The van der Waals surface area contributed by atoms with Crippen LogP contribution in [-0.4, -0.2) is 35.2 Å². The molecule has 1 aliphatic rings. The number of likely N-dealkylation sites (tertiary alicyclic amines) is 1. The van der Waals surface area contributed by atoms with Gasteiger partial charge in [0.2, 0.25) is 5.91 Å². The van der Waals surface area contributed by atoms with Crippen LogP contribution in [0.3, 0.4) is 0 Å². The summed E-state index contributed by atoms with van der Waals surface area (Å²) in [6.07, 6.45) is 0. The molecule has 182 valence electrons. The van der Waals surface area contributed by atoms with Crippen LogP contribution < -0.4 is 11.1 Å². The summed E-state index contributed by atoms with van der Waals surface area (Å²) in [4.78, 5) is 42.8. The second-order valence-corrected chi connectivity index (χ2v) is 9.79. The normalized spacial score (nSPS) is 21.7. The van der Waals surface area contributed by atoms with Crippen molar-refractivity contribution in [2.75, 3.05) is 6.54 Å². The average molecular weight is 494 g/mol. The van der Waals surface area contributed by atoms with Gasteiger partial charge in [-0.25, -0.2) is 9.18 Å². The predicted octanol–water partition coefficient (Wildman–Crippen LogP) is 4.73. The van der Waals surface area contributed by atoms with Gasteiger partial charge in [-0.2, -0.15) is 0 Å². The lowest BCUT2D eigenvalue weighted by Gasteiger charge is -2.30. The zero-order chi connectivity index (χ0) is 25.3. The Morgan fingerprint density at radius 1 is 1.09 bits per heavy atom. The molecule has 3 N–H and O–H groups in total. The number of primary amides is 1. The van der Waals surface area contributed by atoms with Crippen molar-refractivity contribution in [2.45, 2.75) is 38.8 Å². The molecular formula is C27H28FN3O3S. The number of nitrogens with one attached hydrogen (secondary N) is 1. The second-order valence-electron chi connectivity index (χ2n) is 8.84. The highest BCUT2D eigenvalue weighted by Gasteiger charge is 2.57. The summed E-state index contributed by atoms with van der Waals surface area (Å²) < 4.78 is 13.8. The highest BCUT2D eigenvalue weighted by molar-refractivity contribution is 7.10. The average Bonchev–Trinajstić information content (AvgIpc) is 3.40. The topological polar surface area (TPSA) is 92.5 Å². The van der Waals surface area contributed by atoms with Gasteiger partial charge in [-0.05, 0) is 61.5 Å². The highest BCUT2D eigenvalue weighted by Crippen LogP contribution is 2.52. The molecule has 2 heterocycles. The van der Waals surface area contributed by atoms with Crippen LogP contribution in [0.5, 0.6) is 0 Å². The minimum absolute atomic E-state index is 0.195. The Morgan fingerprint density at radius 2 is 1.80 bits per heavy atom. The summed E-state index contributed by atoms with van der Waals surface area (Å²) in [6.45, 7) is 5.94. The number of aryl methyl sites for hydroxylation is 2. The lowest BCUT2D eigenvalue weighted by atomic mass is 9.76. The number of Topliss-reactive ketones (excluding diaryl/α,β-unsaturated/α-hetero) is 1. The van der Waals surface area contributed by atoms with Crippen molar-refractivity contribution in [3.63, 3.8) is 0 Å². The SMILES string of the molecule is CCNC(=O)N1C(C(N)=O)C(c2ccc(F)cc2)C(C(=O)c2cccc(C)c2)C1c1sccc1C. The Labute approximate surface area is 207 Å². The number of hydrogen-bond acceptors (Lipinski definition) is 4. The van der Waals surface area contributed by atoms with Crippen molar-refractivity contribution in [3.05, 3.63) is 92.9 Å². The molecule has 3 amide bonds. The van der Waals surface area contributed by atoms with Gasteiger partial charge in [-0.1, -0.05) is 35.9 Å². The smallest absolute Gasteiger partial charge is 0.318 e. The zero-order valence-electron chi connectivity index (χ0n) is 19.8. The summed E-state index contributed by atoms with van der Waals surface area (Å²) in [7, 11) is 0. The zero-order valence-corrected chi connectivity index (χ0v) is 20.6. The molecule has 1 aromatic heterocycles. The molecule has 4 atom stereocenters. The number of hydrogen-bond donors (Lipinski definition) is 2. The first-order valence-corrected chi connectivity index (χ1v) is 12.4. The molecule has 35 heavy (non-hydrogen) atoms. The number of amides is 3. The first kappa shape index (κ1) is 24.6. The number of benzene rings is 2. The van der Waals surface area contributed by atoms with E-state index in [0.717, 1.165) is 16.0 Å². The molecule has 8 heteroatoms. The second kappa shape index (κ2) is 10.00. The minimum Gasteiger partial charge on any atom is -0.368 e. The first-order chi connectivity index (χ1) is 16.7. The highest BCUT2D eigenvalue weighted by atomic mass is 32.1. The van der Waals surface area contributed by atoms with Gasteiger partial charge < -0.3 is 16.0 Å². The first-order valence-electron chi connectivity index (χ1n) is 11.5. The molecule has 3 aromatic rings. The third-order valence-electron chi connectivity index (χ3n) is 6.55. The molecule has 0 spiro atoms. The maximum Gasteiger partial charge on any atom is 0.318 e. The molecule has 1 fully saturated rings. The molecule has 0 saturated carbocycles. The van der Waals surface area contributed by atoms with Crippen LogP contribution in [0, 0.1) is 25.6 Å². The van der Waals surface area contributed by atoms with Crippen molar-refractivity contribution < 1.29 is 18.8 Å². The molecule has 0 radical (unpaired) electrons. The Morgan fingerprint density at radius 3 is 2.37 bits per heavy atom. The Balaban J connectivity index is 1.99. The lowest BCUT2D eigenvalue weighted by molar-refractivity contribution is -0.122. The molecule has 2 aromatic carbocycles. The van der Waals surface area contributed by atoms with Gasteiger partial charge >= 0.3 is 6.03 Å². The summed E-state index contributed by atoms with van der Waals surface area (Å²) in [5, 5.41) is 4.69. The number of carbonyl (C=O) groups is 3. The van der Waals surface area contributed by atoms with Crippen LogP contribution in [0.1, 0.15) is 50.8 Å². The van der Waals surface area contributed by atoms with Crippen LogP contribution in [0.4, 0.5) is 9.18 Å². The summed E-state index contributed by atoms with van der Waals surface area (Å²) in [6, 6.07) is 12.6. The van der Waals surface area contributed by atoms with E-state index >= 15 is 0 Å². The number of nitrogens with two attached hydrogens (primary N) is 1. The molecule has 4 unspecified atom stereocenters. The van der Waals surface area contributed by atoms with E-state index < -0.39 is 41.7 Å². The number of urea groups is 1. The quantitative estimate of drug-likeness (QED) is 0.487. The number of rotatable bonds is 6. The molecule has 0 bridgehead atoms. The molecule has 6 nitrogen and oxygen atoms in total. The van der Waals surface area contributed by atoms with E-state index in [2.05, 4.69) is 5.32 Å². The van der Waals surface area contributed by atoms with E-state index in [4.69, 9.17) is 5.73 Å². The van der Waals surface area contributed by atoms with Crippen LogP contribution in [0.2, 0.25) is 0 Å². The summed E-state index contributed by atoms with van der Waals surface area (Å²) in [5.41, 5.74) is 8.82. The Bertz CT molecular complexity index is 1260. The van der Waals surface area contributed by atoms with Gasteiger partial charge in [0.1, 0.15) is 11.9 Å². The van der Waals surface area contributed by atoms with Crippen LogP contribution in [0.25, 0.3) is 0 Å². The van der Waals surface area contributed by atoms with Crippen molar-refractivity contribution in [1.29, 1.82) is 0 Å². The van der Waals surface area contributed by atoms with E-state index in [9.17, 15) is 18.8 Å². The van der Waals surface area contributed by atoms with E-state index in [1.165, 1.54) is 28.4 Å². The van der Waals surface area contributed by atoms with E-state index in [1.54, 1.807) is 31.2 Å². The van der Waals surface area contributed by atoms with Crippen molar-refractivity contribution >= 4 is 29.1 Å². The van der Waals surface area contributed by atoms with E-state index in [-0.39, 0.29) is 5.78 Å². The van der Waals surface area contributed by atoms with E-state index in [0.29, 0.717) is 17.7 Å². The van der Waals surface area contributed by atoms with Gasteiger partial charge in [0, 0.05) is 22.9 Å². The van der Waals surface area contributed by atoms with E-state index in [1.807, 2.05) is 37.4 Å². The maximum absolute atomic E-state index is 14.2. The fraction of sp³-hybridized carbons (Fsp3) is 0.296. The largest absolute Gasteiger partial charge is 0.368 e. The molecule has 1 aliphatic heterocycles. The van der Waals surface area contributed by atoms with Gasteiger partial charge in [-0.3, -0.25) is 9.59 Å². The van der Waals surface area contributed by atoms with Crippen molar-refractivity contribution in [3.8, 4) is 0 Å². The Kier molecular flexibility index (Phi) is 7.03. The fourth-order valence-electron chi connectivity index (χ4n) is 5.07. The molecule has 0 aliphatic carbocycles. The monoisotopic (exact) mass is 493 g/mol. The number of nitrogens with zero attached hydrogens (tertiary/aromatic N) is 1. The third-order valence-corrected chi connectivity index (χ3v) is 7.64. The summed E-state index contributed by atoms with van der Waals surface area (Å²) in [5.74, 6) is -2.91. The molecule has 4 rings (SSSR count). The standard InChI is InChI=1S/C27H28FN3O3S/c1-4-30-27(34)31-22(25-16(3)12-13-35-25)21(24(32)18-7-5-6-15(2)14-18)20(23(31)26(29)33)17-8-10-19(28)11-9-17/h5-14,20-23H,4H2,1-3H3,(H2,29,33)(H,30,34). The van der Waals surface area contributed by atoms with Gasteiger partial charge in [0.05, 0.1) is 12.0 Å². The van der Waals surface area contributed by atoms with Gasteiger partial charge in [0.15, 0.2) is 5.78 Å². The summed E-state index contributed by atoms with van der Waals surface area (Å²) >= 11 is 1.43. The van der Waals surface area contributed by atoms with Crippen LogP contribution in [0.15, 0.2) is 60.0 Å². The fourth-order valence-corrected chi connectivity index (χ4v) is 6.14. The number of thiophene rings is 1. The van der Waals surface area contributed by atoms with Gasteiger partial charge in [-0.15, -0.1) is 11.3 Å². The molecular weight excluding hydrogens is 465 g/mol. The van der Waals surface area contributed by atoms with Crippen molar-refractivity contribution in [2.24, 2.45) is 11.7 Å². The van der Waals surface area contributed by atoms with Crippen LogP contribution in [-0.2, 0) is 4.79 Å². The predicted molar refractivity (Wildman–Crippen MR) is 134 cm³/mol. The minimum atomic E-state index is -1.10. The number of ketones is 1. The van der Waals surface area contributed by atoms with Crippen molar-refractivity contribution in [1.82, 2.24) is 10.2 Å². The van der Waals surface area contributed by atoms with Gasteiger partial charge in [0.25, 0.3) is 0 Å². The molecule has 1 saturated heterocycles. The Hall–Kier alpha value is -3.52.